The average molecular weight is 342 g/mol. The van der Waals surface area contributed by atoms with Crippen molar-refractivity contribution in [2.75, 3.05) is 13.7 Å². The van der Waals surface area contributed by atoms with E-state index in [1.54, 1.807) is 13.0 Å². The number of carbonyl (C=O) groups is 2. The third-order valence-corrected chi connectivity index (χ3v) is 4.67. The smallest absolute Gasteiger partial charge is 0.333 e. The van der Waals surface area contributed by atoms with Crippen molar-refractivity contribution in [3.8, 4) is 0 Å². The summed E-state index contributed by atoms with van der Waals surface area (Å²) < 4.78 is 9.86. The van der Waals surface area contributed by atoms with E-state index in [4.69, 9.17) is 4.74 Å². The van der Waals surface area contributed by atoms with Crippen LogP contribution in [0.15, 0.2) is 42.5 Å². The van der Waals surface area contributed by atoms with Gasteiger partial charge in [-0.15, -0.1) is 0 Å². The molecule has 0 N–H and O–H groups in total. The summed E-state index contributed by atoms with van der Waals surface area (Å²) in [7, 11) is 1.37. The molecule has 0 heterocycles. The topological polar surface area (TPSA) is 52.6 Å². The predicted molar refractivity (Wildman–Crippen MR) is 98.0 cm³/mol. The highest BCUT2D eigenvalue weighted by Crippen LogP contribution is 2.36. The van der Waals surface area contributed by atoms with E-state index < -0.39 is 0 Å². The Labute approximate surface area is 149 Å². The van der Waals surface area contributed by atoms with Gasteiger partial charge < -0.3 is 9.47 Å². The Bertz CT molecular complexity index is 634. The number of esters is 2. The van der Waals surface area contributed by atoms with Crippen molar-refractivity contribution in [2.24, 2.45) is 5.92 Å². The highest BCUT2D eigenvalue weighted by Gasteiger charge is 2.23. The van der Waals surface area contributed by atoms with E-state index >= 15 is 0 Å². The van der Waals surface area contributed by atoms with Gasteiger partial charge in [-0.3, -0.25) is 0 Å². The van der Waals surface area contributed by atoms with Gasteiger partial charge in [0.05, 0.1) is 13.7 Å². The summed E-state index contributed by atoms with van der Waals surface area (Å²) in [6, 6.07) is 8.30. The van der Waals surface area contributed by atoms with Gasteiger partial charge in [0.25, 0.3) is 0 Å². The maximum absolute atomic E-state index is 11.5. The van der Waals surface area contributed by atoms with E-state index in [1.807, 2.05) is 12.1 Å². The summed E-state index contributed by atoms with van der Waals surface area (Å²) in [5.41, 5.74) is 2.76. The molecule has 2 rings (SSSR count). The van der Waals surface area contributed by atoms with E-state index in [0.717, 1.165) is 31.2 Å². The second-order valence-corrected chi connectivity index (χ2v) is 6.62. The molecule has 0 atom stereocenters. The third kappa shape index (κ3) is 5.89. The first-order chi connectivity index (χ1) is 12.0. The quantitative estimate of drug-likeness (QED) is 0.572. The summed E-state index contributed by atoms with van der Waals surface area (Å²) in [5.74, 6) is 0.348. The normalized spacial score (nSPS) is 20.2. The Morgan fingerprint density at radius 1 is 1.16 bits per heavy atom. The van der Waals surface area contributed by atoms with E-state index in [-0.39, 0.29) is 11.9 Å². The van der Waals surface area contributed by atoms with E-state index in [1.165, 1.54) is 18.7 Å². The SMILES string of the molecule is C=C(C)C(=O)OCC1CCC(c2ccc(/C=C/C(=O)OC)cc2)CC1. The molecular formula is C21H26O4. The third-order valence-electron chi connectivity index (χ3n) is 4.67. The molecule has 1 aliphatic rings. The van der Waals surface area contributed by atoms with Crippen LogP contribution >= 0.6 is 0 Å². The lowest BCUT2D eigenvalue weighted by atomic mass is 9.79. The second-order valence-electron chi connectivity index (χ2n) is 6.62. The fourth-order valence-electron chi connectivity index (χ4n) is 3.09. The molecule has 1 aromatic carbocycles. The van der Waals surface area contributed by atoms with Crippen LogP contribution in [-0.2, 0) is 19.1 Å². The minimum absolute atomic E-state index is 0.294. The molecule has 4 nitrogen and oxygen atoms in total. The van der Waals surface area contributed by atoms with Gasteiger partial charge in [-0.2, -0.15) is 0 Å². The van der Waals surface area contributed by atoms with Crippen LogP contribution in [0.3, 0.4) is 0 Å². The number of carbonyl (C=O) groups excluding carboxylic acids is 2. The molecule has 1 aliphatic carbocycles. The number of ether oxygens (including phenoxy) is 2. The van der Waals surface area contributed by atoms with Crippen molar-refractivity contribution in [3.63, 3.8) is 0 Å². The molecule has 134 valence electrons. The molecule has 0 aromatic heterocycles. The summed E-state index contributed by atoms with van der Waals surface area (Å²) in [4.78, 5) is 22.6. The highest BCUT2D eigenvalue weighted by atomic mass is 16.5. The summed E-state index contributed by atoms with van der Waals surface area (Å²) in [6.07, 6.45) is 7.52. The van der Waals surface area contributed by atoms with Crippen LogP contribution in [0.4, 0.5) is 0 Å². The zero-order valence-corrected chi connectivity index (χ0v) is 15.0. The number of benzene rings is 1. The molecule has 4 heteroatoms. The fraction of sp³-hybridized carbons (Fsp3) is 0.429. The van der Waals surface area contributed by atoms with Gasteiger partial charge in [0.2, 0.25) is 0 Å². The molecule has 1 saturated carbocycles. The first-order valence-corrected chi connectivity index (χ1v) is 8.68. The molecule has 1 aromatic rings. The molecule has 0 saturated heterocycles. The van der Waals surface area contributed by atoms with Crippen LogP contribution in [0.1, 0.15) is 49.7 Å². The zero-order chi connectivity index (χ0) is 18.2. The van der Waals surface area contributed by atoms with Crippen molar-refractivity contribution >= 4 is 18.0 Å². The van der Waals surface area contributed by atoms with Crippen LogP contribution in [-0.4, -0.2) is 25.7 Å². The Morgan fingerprint density at radius 3 is 2.36 bits per heavy atom. The fourth-order valence-corrected chi connectivity index (χ4v) is 3.09. The van der Waals surface area contributed by atoms with Crippen molar-refractivity contribution in [1.29, 1.82) is 0 Å². The summed E-state index contributed by atoms with van der Waals surface area (Å²) in [6.45, 7) is 5.77. The minimum atomic E-state index is -0.352. The molecule has 0 aliphatic heterocycles. The van der Waals surface area contributed by atoms with Gasteiger partial charge in [-0.25, -0.2) is 9.59 Å². The average Bonchev–Trinajstić information content (AvgIpc) is 2.64. The van der Waals surface area contributed by atoms with Gasteiger partial charge in [0.1, 0.15) is 0 Å². The molecule has 0 amide bonds. The van der Waals surface area contributed by atoms with Crippen LogP contribution in [0.5, 0.6) is 0 Å². The van der Waals surface area contributed by atoms with Crippen molar-refractivity contribution in [3.05, 3.63) is 53.6 Å². The van der Waals surface area contributed by atoms with Gasteiger partial charge in [0.15, 0.2) is 0 Å². The molecule has 1 fully saturated rings. The number of rotatable bonds is 6. The molecule has 25 heavy (non-hydrogen) atoms. The standard InChI is InChI=1S/C21H26O4/c1-15(2)21(23)25-14-17-6-11-19(12-7-17)18-9-4-16(5-10-18)8-13-20(22)24-3/h4-5,8-10,13,17,19H,1,6-7,11-12,14H2,2-3H3/b13-8+. The first kappa shape index (κ1) is 19.0. The van der Waals surface area contributed by atoms with Crippen LogP contribution < -0.4 is 0 Å². The van der Waals surface area contributed by atoms with E-state index in [2.05, 4.69) is 23.4 Å². The molecular weight excluding hydrogens is 316 g/mol. The van der Waals surface area contributed by atoms with Gasteiger partial charge in [0, 0.05) is 11.6 Å². The van der Waals surface area contributed by atoms with Crippen molar-refractivity contribution in [2.45, 2.75) is 38.5 Å². The maximum Gasteiger partial charge on any atom is 0.333 e. The Balaban J connectivity index is 1.82. The maximum atomic E-state index is 11.5. The van der Waals surface area contributed by atoms with E-state index in [9.17, 15) is 9.59 Å². The van der Waals surface area contributed by atoms with Crippen molar-refractivity contribution < 1.29 is 19.1 Å². The Kier molecular flexibility index (Phi) is 6.99. The van der Waals surface area contributed by atoms with Gasteiger partial charge in [-0.05, 0) is 61.6 Å². The lowest BCUT2D eigenvalue weighted by Crippen LogP contribution is -2.20. The minimum Gasteiger partial charge on any atom is -0.466 e. The number of methoxy groups -OCH3 is 1. The molecule has 0 spiro atoms. The second kappa shape index (κ2) is 9.21. The number of hydrogen-bond acceptors (Lipinski definition) is 4. The largest absolute Gasteiger partial charge is 0.466 e. The summed E-state index contributed by atoms with van der Waals surface area (Å²) in [5, 5.41) is 0. The number of hydrogen-bond donors (Lipinski definition) is 0. The van der Waals surface area contributed by atoms with Gasteiger partial charge >= 0.3 is 11.9 Å². The highest BCUT2D eigenvalue weighted by molar-refractivity contribution is 5.87. The van der Waals surface area contributed by atoms with Gasteiger partial charge in [-0.1, -0.05) is 30.8 Å². The molecule has 0 radical (unpaired) electrons. The Hall–Kier alpha value is -2.36. The monoisotopic (exact) mass is 342 g/mol. The predicted octanol–water partition coefficient (Wildman–Crippen LogP) is 4.27. The van der Waals surface area contributed by atoms with Crippen molar-refractivity contribution in [1.82, 2.24) is 0 Å². The van der Waals surface area contributed by atoms with Crippen LogP contribution in [0.25, 0.3) is 6.08 Å². The van der Waals surface area contributed by atoms with Crippen LogP contribution in [0, 0.1) is 5.92 Å². The molecule has 0 unspecified atom stereocenters. The zero-order valence-electron chi connectivity index (χ0n) is 15.0. The first-order valence-electron chi connectivity index (χ1n) is 8.68. The summed E-state index contributed by atoms with van der Waals surface area (Å²) >= 11 is 0. The lowest BCUT2D eigenvalue weighted by Gasteiger charge is -2.28. The van der Waals surface area contributed by atoms with Crippen LogP contribution in [0.2, 0.25) is 0 Å². The lowest BCUT2D eigenvalue weighted by molar-refractivity contribution is -0.140. The van der Waals surface area contributed by atoms with E-state index in [0.29, 0.717) is 24.0 Å². The molecule has 0 bridgehead atoms. The Morgan fingerprint density at radius 2 is 1.80 bits per heavy atom.